The second-order valence-electron chi connectivity index (χ2n) is 5.86. The van der Waals surface area contributed by atoms with E-state index in [-0.39, 0.29) is 11.3 Å². The van der Waals surface area contributed by atoms with Crippen molar-refractivity contribution in [3.8, 4) is 0 Å². The molecule has 1 N–H and O–H groups in total. The summed E-state index contributed by atoms with van der Waals surface area (Å²) in [6.07, 6.45) is 4.61. The minimum absolute atomic E-state index is 0.219. The highest BCUT2D eigenvalue weighted by molar-refractivity contribution is 5.80. The monoisotopic (exact) mass is 224 g/mol. The van der Waals surface area contributed by atoms with Crippen molar-refractivity contribution in [1.29, 1.82) is 0 Å². The van der Waals surface area contributed by atoms with Crippen LogP contribution in [0.25, 0.3) is 0 Å². The van der Waals surface area contributed by atoms with Gasteiger partial charge in [-0.2, -0.15) is 0 Å². The average molecular weight is 224 g/mol. The zero-order valence-corrected chi connectivity index (χ0v) is 10.6. The fourth-order valence-electron chi connectivity index (χ4n) is 3.07. The van der Waals surface area contributed by atoms with E-state index in [1.165, 1.54) is 12.8 Å². The molecule has 3 nitrogen and oxygen atoms in total. The molecule has 3 heteroatoms. The summed E-state index contributed by atoms with van der Waals surface area (Å²) in [5.41, 5.74) is 0.219. The van der Waals surface area contributed by atoms with Crippen molar-refractivity contribution < 1.29 is 4.79 Å². The molecule has 1 atom stereocenters. The molecule has 0 bridgehead atoms. The molecule has 2 aliphatic rings. The SMILES string of the molecule is CC1(C)CCCC1C(=O)N1CCCNCC1. The van der Waals surface area contributed by atoms with Crippen molar-refractivity contribution in [2.75, 3.05) is 26.2 Å². The van der Waals surface area contributed by atoms with Gasteiger partial charge in [0.05, 0.1) is 0 Å². The van der Waals surface area contributed by atoms with E-state index in [1.54, 1.807) is 0 Å². The summed E-state index contributed by atoms with van der Waals surface area (Å²) < 4.78 is 0. The average Bonchev–Trinajstić information content (AvgIpc) is 2.48. The summed E-state index contributed by atoms with van der Waals surface area (Å²) in [6, 6.07) is 0. The van der Waals surface area contributed by atoms with Crippen LogP contribution in [0.5, 0.6) is 0 Å². The van der Waals surface area contributed by atoms with E-state index in [0.29, 0.717) is 5.91 Å². The van der Waals surface area contributed by atoms with Crippen LogP contribution >= 0.6 is 0 Å². The molecule has 92 valence electrons. The highest BCUT2D eigenvalue weighted by Crippen LogP contribution is 2.43. The molecule has 1 aliphatic carbocycles. The summed E-state index contributed by atoms with van der Waals surface area (Å²) in [5.74, 6) is 0.678. The van der Waals surface area contributed by atoms with E-state index in [9.17, 15) is 4.79 Å². The molecule has 16 heavy (non-hydrogen) atoms. The summed E-state index contributed by atoms with van der Waals surface area (Å²) in [4.78, 5) is 14.5. The number of nitrogens with one attached hydrogen (secondary N) is 1. The predicted molar refractivity (Wildman–Crippen MR) is 65.2 cm³/mol. The first-order chi connectivity index (χ1) is 7.61. The zero-order valence-electron chi connectivity index (χ0n) is 10.6. The van der Waals surface area contributed by atoms with Crippen LogP contribution in [0, 0.1) is 11.3 Å². The molecule has 1 saturated heterocycles. The van der Waals surface area contributed by atoms with Crippen LogP contribution in [0.4, 0.5) is 0 Å². The van der Waals surface area contributed by atoms with Gasteiger partial charge in [-0.3, -0.25) is 4.79 Å². The number of rotatable bonds is 1. The van der Waals surface area contributed by atoms with Gasteiger partial charge in [0, 0.05) is 25.6 Å². The van der Waals surface area contributed by atoms with E-state index >= 15 is 0 Å². The highest BCUT2D eigenvalue weighted by atomic mass is 16.2. The van der Waals surface area contributed by atoms with Gasteiger partial charge in [-0.05, 0) is 31.2 Å². The van der Waals surface area contributed by atoms with Gasteiger partial charge in [-0.1, -0.05) is 20.3 Å². The van der Waals surface area contributed by atoms with Crippen molar-refractivity contribution in [2.24, 2.45) is 11.3 Å². The zero-order chi connectivity index (χ0) is 11.6. The molecule has 1 saturated carbocycles. The lowest BCUT2D eigenvalue weighted by Gasteiger charge is -2.31. The molecular formula is C13H24N2O. The second-order valence-corrected chi connectivity index (χ2v) is 5.86. The molecule has 1 unspecified atom stereocenters. The minimum atomic E-state index is 0.219. The lowest BCUT2D eigenvalue weighted by Crippen LogP contribution is -2.41. The van der Waals surface area contributed by atoms with Gasteiger partial charge in [0.15, 0.2) is 0 Å². The molecule has 0 aromatic heterocycles. The van der Waals surface area contributed by atoms with Crippen molar-refractivity contribution in [3.05, 3.63) is 0 Å². The molecule has 1 aliphatic heterocycles. The van der Waals surface area contributed by atoms with E-state index in [2.05, 4.69) is 24.1 Å². The summed E-state index contributed by atoms with van der Waals surface area (Å²) in [7, 11) is 0. The van der Waals surface area contributed by atoms with Gasteiger partial charge in [-0.15, -0.1) is 0 Å². The number of nitrogens with zero attached hydrogens (tertiary/aromatic N) is 1. The lowest BCUT2D eigenvalue weighted by atomic mass is 9.81. The fourth-order valence-corrected chi connectivity index (χ4v) is 3.07. The maximum Gasteiger partial charge on any atom is 0.226 e. The number of hydrogen-bond acceptors (Lipinski definition) is 2. The number of carbonyl (C=O) groups excluding carboxylic acids is 1. The van der Waals surface area contributed by atoms with Crippen LogP contribution in [0.1, 0.15) is 39.5 Å². The fraction of sp³-hybridized carbons (Fsp3) is 0.923. The molecule has 2 rings (SSSR count). The maximum atomic E-state index is 12.5. The van der Waals surface area contributed by atoms with E-state index in [0.717, 1.165) is 39.0 Å². The third-order valence-corrected chi connectivity index (χ3v) is 4.21. The van der Waals surface area contributed by atoms with Crippen LogP contribution in [-0.4, -0.2) is 37.0 Å². The number of amides is 1. The molecule has 0 radical (unpaired) electrons. The standard InChI is InChI=1S/C13H24N2O/c1-13(2)6-3-5-11(13)12(16)15-9-4-7-14-8-10-15/h11,14H,3-10H2,1-2H3. The predicted octanol–water partition coefficient (Wildman–Crippen LogP) is 1.63. The van der Waals surface area contributed by atoms with Gasteiger partial charge in [0.25, 0.3) is 0 Å². The van der Waals surface area contributed by atoms with Gasteiger partial charge in [-0.25, -0.2) is 0 Å². The quantitative estimate of drug-likeness (QED) is 0.734. The Balaban J connectivity index is 2.00. The third kappa shape index (κ3) is 2.40. The van der Waals surface area contributed by atoms with Crippen molar-refractivity contribution >= 4 is 5.91 Å². The lowest BCUT2D eigenvalue weighted by molar-refractivity contribution is -0.138. The normalized spacial score (nSPS) is 30.1. The smallest absolute Gasteiger partial charge is 0.226 e. The van der Waals surface area contributed by atoms with Gasteiger partial charge >= 0.3 is 0 Å². The summed E-state index contributed by atoms with van der Waals surface area (Å²) in [5, 5.41) is 3.35. The molecule has 1 amide bonds. The Labute approximate surface area is 98.6 Å². The number of carbonyl (C=O) groups is 1. The molecular weight excluding hydrogens is 200 g/mol. The molecule has 2 fully saturated rings. The molecule has 0 aromatic carbocycles. The summed E-state index contributed by atoms with van der Waals surface area (Å²) in [6.45, 7) is 8.35. The Morgan fingerprint density at radius 2 is 2.06 bits per heavy atom. The third-order valence-electron chi connectivity index (χ3n) is 4.21. The molecule has 1 heterocycles. The molecule has 0 spiro atoms. The summed E-state index contributed by atoms with van der Waals surface area (Å²) >= 11 is 0. The number of hydrogen-bond donors (Lipinski definition) is 1. The van der Waals surface area contributed by atoms with Crippen LogP contribution in [0.15, 0.2) is 0 Å². The second kappa shape index (κ2) is 4.74. The van der Waals surface area contributed by atoms with Crippen LogP contribution in [0.3, 0.4) is 0 Å². The van der Waals surface area contributed by atoms with Gasteiger partial charge < -0.3 is 10.2 Å². The van der Waals surface area contributed by atoms with Crippen molar-refractivity contribution in [3.63, 3.8) is 0 Å². The first kappa shape index (κ1) is 11.9. The Morgan fingerprint density at radius 3 is 2.75 bits per heavy atom. The topological polar surface area (TPSA) is 32.3 Å². The first-order valence-electron chi connectivity index (χ1n) is 6.61. The van der Waals surface area contributed by atoms with E-state index in [4.69, 9.17) is 0 Å². The first-order valence-corrected chi connectivity index (χ1v) is 6.61. The Bertz CT molecular complexity index is 255. The van der Waals surface area contributed by atoms with Gasteiger partial charge in [0.1, 0.15) is 0 Å². The van der Waals surface area contributed by atoms with E-state index < -0.39 is 0 Å². The van der Waals surface area contributed by atoms with Crippen molar-refractivity contribution in [1.82, 2.24) is 10.2 Å². The van der Waals surface area contributed by atoms with Crippen LogP contribution in [0.2, 0.25) is 0 Å². The minimum Gasteiger partial charge on any atom is -0.341 e. The van der Waals surface area contributed by atoms with E-state index in [1.807, 2.05) is 0 Å². The Kier molecular flexibility index (Phi) is 3.53. The van der Waals surface area contributed by atoms with Crippen LogP contribution in [-0.2, 0) is 4.79 Å². The van der Waals surface area contributed by atoms with Gasteiger partial charge in [0.2, 0.25) is 5.91 Å². The Hall–Kier alpha value is -0.570. The largest absolute Gasteiger partial charge is 0.341 e. The highest BCUT2D eigenvalue weighted by Gasteiger charge is 2.40. The molecule has 0 aromatic rings. The van der Waals surface area contributed by atoms with Crippen molar-refractivity contribution in [2.45, 2.75) is 39.5 Å². The van der Waals surface area contributed by atoms with Crippen LogP contribution < -0.4 is 5.32 Å². The maximum absolute atomic E-state index is 12.5. The Morgan fingerprint density at radius 1 is 1.25 bits per heavy atom.